The third-order valence-corrected chi connectivity index (χ3v) is 1.36. The minimum Gasteiger partial charge on any atom is -0.102 e. The van der Waals surface area contributed by atoms with E-state index in [4.69, 9.17) is 0 Å². The monoisotopic (exact) mass is 136 g/mol. The molecular weight excluding hydrogens is 120 g/mol. The Balaban J connectivity index is 3.98. The zero-order chi connectivity index (χ0) is 8.04. The van der Waals surface area contributed by atoms with Gasteiger partial charge in [0.2, 0.25) is 0 Å². The van der Waals surface area contributed by atoms with E-state index in [1.165, 1.54) is 0 Å². The van der Waals surface area contributed by atoms with E-state index < -0.39 is 0 Å². The average molecular weight is 136 g/mol. The van der Waals surface area contributed by atoms with Crippen molar-refractivity contribution < 1.29 is 0 Å². The Morgan fingerprint density at radius 2 is 1.80 bits per heavy atom. The zero-order valence-corrected chi connectivity index (χ0v) is 7.09. The summed E-state index contributed by atoms with van der Waals surface area (Å²) in [6.45, 7) is 9.99. The smallest absolute Gasteiger partial charge is 0.000484 e. The van der Waals surface area contributed by atoms with Crippen molar-refractivity contribution in [3.05, 3.63) is 37.0 Å². The maximum Gasteiger partial charge on any atom is 0.000484 e. The predicted molar refractivity (Wildman–Crippen MR) is 47.9 cm³/mol. The lowest BCUT2D eigenvalue weighted by Crippen LogP contribution is -2.00. The molecule has 0 N–H and O–H groups in total. The fourth-order valence-corrected chi connectivity index (χ4v) is 0.483. The van der Waals surface area contributed by atoms with Crippen LogP contribution in [0.4, 0.5) is 0 Å². The summed E-state index contributed by atoms with van der Waals surface area (Å²) >= 11 is 0. The third kappa shape index (κ3) is 4.13. The summed E-state index contributed by atoms with van der Waals surface area (Å²) in [5.41, 5.74) is 0.125. The Bertz CT molecular complexity index is 147. The lowest BCUT2D eigenvalue weighted by atomic mass is 9.93. The molecule has 0 rings (SSSR count). The molecule has 0 amide bonds. The van der Waals surface area contributed by atoms with Crippen LogP contribution in [0.25, 0.3) is 0 Å². The van der Waals surface area contributed by atoms with Crippen molar-refractivity contribution >= 4 is 0 Å². The van der Waals surface area contributed by atoms with E-state index in [1.807, 2.05) is 31.2 Å². The molecule has 0 spiro atoms. The molecule has 0 unspecified atom stereocenters. The maximum atomic E-state index is 3.74. The van der Waals surface area contributed by atoms with E-state index in [9.17, 15) is 0 Å². The van der Waals surface area contributed by atoms with Gasteiger partial charge >= 0.3 is 0 Å². The SMILES string of the molecule is C=CC(C)(C)/C=C\C=C/C. The molecule has 0 aliphatic rings. The second-order valence-corrected chi connectivity index (χ2v) is 2.91. The van der Waals surface area contributed by atoms with E-state index in [1.54, 1.807) is 0 Å². The normalized spacial score (nSPS) is 13.1. The molecule has 0 aromatic heterocycles. The first kappa shape index (κ1) is 9.22. The molecule has 56 valence electrons. The van der Waals surface area contributed by atoms with Gasteiger partial charge in [-0.05, 0) is 6.92 Å². The van der Waals surface area contributed by atoms with Crippen LogP contribution in [0.15, 0.2) is 37.0 Å². The molecule has 0 aliphatic carbocycles. The number of hydrogen-bond donors (Lipinski definition) is 0. The van der Waals surface area contributed by atoms with Gasteiger partial charge in [0.05, 0.1) is 0 Å². The summed E-state index contributed by atoms with van der Waals surface area (Å²) in [5, 5.41) is 0. The van der Waals surface area contributed by atoms with Crippen molar-refractivity contribution in [1.29, 1.82) is 0 Å². The van der Waals surface area contributed by atoms with Gasteiger partial charge < -0.3 is 0 Å². The highest BCUT2D eigenvalue weighted by atomic mass is 14.1. The minimum atomic E-state index is 0.125. The summed E-state index contributed by atoms with van der Waals surface area (Å²) in [6.07, 6.45) is 10.1. The molecule has 0 saturated heterocycles. The van der Waals surface area contributed by atoms with Gasteiger partial charge in [-0.3, -0.25) is 0 Å². The fourth-order valence-electron chi connectivity index (χ4n) is 0.483. The van der Waals surface area contributed by atoms with E-state index in [2.05, 4.69) is 26.5 Å². The largest absolute Gasteiger partial charge is 0.102 e. The van der Waals surface area contributed by atoms with E-state index in [0.29, 0.717) is 0 Å². The van der Waals surface area contributed by atoms with E-state index >= 15 is 0 Å². The van der Waals surface area contributed by atoms with Crippen molar-refractivity contribution in [1.82, 2.24) is 0 Å². The van der Waals surface area contributed by atoms with Crippen LogP contribution in [0.1, 0.15) is 20.8 Å². The third-order valence-electron chi connectivity index (χ3n) is 1.36. The average Bonchev–Trinajstić information content (AvgIpc) is 1.89. The van der Waals surface area contributed by atoms with Crippen molar-refractivity contribution in [2.75, 3.05) is 0 Å². The highest BCUT2D eigenvalue weighted by Crippen LogP contribution is 2.17. The lowest BCUT2D eigenvalue weighted by molar-refractivity contribution is 0.628. The van der Waals surface area contributed by atoms with Crippen LogP contribution >= 0.6 is 0 Å². The van der Waals surface area contributed by atoms with E-state index in [-0.39, 0.29) is 5.41 Å². The molecule has 0 heteroatoms. The maximum absolute atomic E-state index is 3.74. The molecule has 0 aromatic carbocycles. The molecule has 0 aromatic rings. The number of rotatable bonds is 3. The van der Waals surface area contributed by atoms with Gasteiger partial charge in [-0.2, -0.15) is 0 Å². The number of hydrogen-bond acceptors (Lipinski definition) is 0. The first-order valence-corrected chi connectivity index (χ1v) is 3.56. The van der Waals surface area contributed by atoms with Gasteiger partial charge in [0.15, 0.2) is 0 Å². The number of allylic oxidation sites excluding steroid dienone is 5. The highest BCUT2D eigenvalue weighted by molar-refractivity contribution is 5.10. The molecule has 0 nitrogen and oxygen atoms in total. The Morgan fingerprint density at radius 1 is 1.20 bits per heavy atom. The summed E-state index contributed by atoms with van der Waals surface area (Å²) in [5.74, 6) is 0. The molecule has 0 aliphatic heterocycles. The molecule has 0 atom stereocenters. The first-order valence-electron chi connectivity index (χ1n) is 3.56. The van der Waals surface area contributed by atoms with Crippen molar-refractivity contribution in [2.45, 2.75) is 20.8 Å². The van der Waals surface area contributed by atoms with Crippen molar-refractivity contribution in [3.63, 3.8) is 0 Å². The summed E-state index contributed by atoms with van der Waals surface area (Å²) in [6, 6.07) is 0. The van der Waals surface area contributed by atoms with Gasteiger partial charge in [-0.25, -0.2) is 0 Å². The highest BCUT2D eigenvalue weighted by Gasteiger charge is 2.04. The molecule has 0 radical (unpaired) electrons. The predicted octanol–water partition coefficient (Wildman–Crippen LogP) is 3.33. The summed E-state index contributed by atoms with van der Waals surface area (Å²) < 4.78 is 0. The van der Waals surface area contributed by atoms with Crippen LogP contribution in [0.5, 0.6) is 0 Å². The van der Waals surface area contributed by atoms with Crippen LogP contribution in [0.2, 0.25) is 0 Å². The van der Waals surface area contributed by atoms with E-state index in [0.717, 1.165) is 0 Å². The molecule has 0 saturated carbocycles. The minimum absolute atomic E-state index is 0.125. The molecular formula is C10H16. The van der Waals surface area contributed by atoms with Gasteiger partial charge in [0.25, 0.3) is 0 Å². The Kier molecular flexibility index (Phi) is 3.78. The second kappa shape index (κ2) is 4.10. The summed E-state index contributed by atoms with van der Waals surface area (Å²) in [7, 11) is 0. The molecule has 10 heavy (non-hydrogen) atoms. The van der Waals surface area contributed by atoms with Gasteiger partial charge in [0, 0.05) is 5.41 Å². The molecule has 0 bridgehead atoms. The Morgan fingerprint density at radius 3 is 2.20 bits per heavy atom. The van der Waals surface area contributed by atoms with Crippen LogP contribution in [0, 0.1) is 5.41 Å². The van der Waals surface area contributed by atoms with Crippen LogP contribution in [-0.4, -0.2) is 0 Å². The lowest BCUT2D eigenvalue weighted by Gasteiger charge is -2.12. The second-order valence-electron chi connectivity index (χ2n) is 2.91. The zero-order valence-electron chi connectivity index (χ0n) is 7.09. The van der Waals surface area contributed by atoms with Gasteiger partial charge in [-0.1, -0.05) is 44.2 Å². The standard InChI is InChI=1S/C10H16/c1-5-7-8-9-10(3,4)6-2/h5-9H,2H2,1,3-4H3/b7-5-,9-8-. The summed E-state index contributed by atoms with van der Waals surface area (Å²) in [4.78, 5) is 0. The topological polar surface area (TPSA) is 0 Å². The molecule has 0 fully saturated rings. The Hall–Kier alpha value is -0.780. The quantitative estimate of drug-likeness (QED) is 0.412. The van der Waals surface area contributed by atoms with Gasteiger partial charge in [0.1, 0.15) is 0 Å². The first-order chi connectivity index (χ1) is 4.62. The van der Waals surface area contributed by atoms with Gasteiger partial charge in [-0.15, -0.1) is 6.58 Å². The van der Waals surface area contributed by atoms with Crippen molar-refractivity contribution in [3.8, 4) is 0 Å². The Labute approximate surface area is 64.0 Å². The fraction of sp³-hybridized carbons (Fsp3) is 0.400. The van der Waals surface area contributed by atoms with Crippen LogP contribution in [0.3, 0.4) is 0 Å². The van der Waals surface area contributed by atoms with Crippen molar-refractivity contribution in [2.24, 2.45) is 5.41 Å². The van der Waals surface area contributed by atoms with Crippen LogP contribution < -0.4 is 0 Å². The molecule has 0 heterocycles. The van der Waals surface area contributed by atoms with Crippen LogP contribution in [-0.2, 0) is 0 Å².